The van der Waals surface area contributed by atoms with Gasteiger partial charge < -0.3 is 14.4 Å². The summed E-state index contributed by atoms with van der Waals surface area (Å²) < 4.78 is 50.3. The van der Waals surface area contributed by atoms with Crippen molar-refractivity contribution in [3.8, 4) is 11.4 Å². The molecule has 0 unspecified atom stereocenters. The second-order valence-corrected chi connectivity index (χ2v) is 7.34. The van der Waals surface area contributed by atoms with E-state index in [4.69, 9.17) is 16.3 Å². The molecule has 0 bridgehead atoms. The van der Waals surface area contributed by atoms with Gasteiger partial charge in [0.2, 0.25) is 0 Å². The number of carbonyl (C=O) groups is 2. The van der Waals surface area contributed by atoms with Gasteiger partial charge in [-0.3, -0.25) is 9.59 Å². The summed E-state index contributed by atoms with van der Waals surface area (Å²) in [7, 11) is 2.49. The average molecular weight is 482 g/mol. The Hall–Kier alpha value is -3.53. The van der Waals surface area contributed by atoms with Crippen LogP contribution in [0.5, 0.6) is 5.75 Å². The zero-order chi connectivity index (χ0) is 24.2. The number of alkyl halides is 3. The Morgan fingerprint density at radius 3 is 2.42 bits per heavy atom. The number of nitrogens with zero attached hydrogens (tertiary/aromatic N) is 3. The highest BCUT2D eigenvalue weighted by Crippen LogP contribution is 2.31. The van der Waals surface area contributed by atoms with Gasteiger partial charge in [0.05, 0.1) is 31.7 Å². The molecular weight excluding hydrogens is 463 g/mol. The molecule has 7 nitrogen and oxygen atoms in total. The summed E-state index contributed by atoms with van der Waals surface area (Å²) in [5.41, 5.74) is -0.266. The molecular formula is C22H19ClF3N3O4. The zero-order valence-corrected chi connectivity index (χ0v) is 18.4. The quantitative estimate of drug-likeness (QED) is 0.469. The van der Waals surface area contributed by atoms with E-state index in [1.165, 1.54) is 37.4 Å². The zero-order valence-electron chi connectivity index (χ0n) is 17.6. The fourth-order valence-corrected chi connectivity index (χ4v) is 3.12. The van der Waals surface area contributed by atoms with Crippen molar-refractivity contribution in [1.29, 1.82) is 0 Å². The number of halogens is 4. The van der Waals surface area contributed by atoms with E-state index in [9.17, 15) is 22.8 Å². The first kappa shape index (κ1) is 24.1. The lowest BCUT2D eigenvalue weighted by Crippen LogP contribution is -2.36. The number of esters is 1. The maximum Gasteiger partial charge on any atom is 0.416 e. The second-order valence-electron chi connectivity index (χ2n) is 6.90. The molecule has 0 fully saturated rings. The van der Waals surface area contributed by atoms with Crippen molar-refractivity contribution >= 4 is 23.5 Å². The molecule has 0 atom stereocenters. The summed E-state index contributed by atoms with van der Waals surface area (Å²) in [6.07, 6.45) is -3.25. The molecule has 33 heavy (non-hydrogen) atoms. The van der Waals surface area contributed by atoms with Crippen LogP contribution in [0, 0.1) is 0 Å². The number of benzene rings is 2. The first-order chi connectivity index (χ1) is 15.6. The maximum absolute atomic E-state index is 13.3. The van der Waals surface area contributed by atoms with E-state index in [0.717, 1.165) is 16.8 Å². The number of hydrogen-bond donors (Lipinski definition) is 0. The summed E-state index contributed by atoms with van der Waals surface area (Å²) in [5, 5.41) is 4.65. The molecule has 1 amide bonds. The Kier molecular flexibility index (Phi) is 7.27. The largest absolute Gasteiger partial charge is 0.493 e. The summed E-state index contributed by atoms with van der Waals surface area (Å²) in [4.78, 5) is 26.4. The third kappa shape index (κ3) is 5.83. The summed E-state index contributed by atoms with van der Waals surface area (Å²) in [6, 6.07) is 11.1. The van der Waals surface area contributed by atoms with Crippen molar-refractivity contribution in [3.63, 3.8) is 0 Å². The lowest BCUT2D eigenvalue weighted by Gasteiger charge is -2.21. The molecule has 0 aliphatic heterocycles. The van der Waals surface area contributed by atoms with Gasteiger partial charge in [-0.05, 0) is 35.9 Å². The van der Waals surface area contributed by atoms with Crippen LogP contribution >= 0.6 is 11.6 Å². The van der Waals surface area contributed by atoms with Gasteiger partial charge in [0.15, 0.2) is 11.4 Å². The van der Waals surface area contributed by atoms with Crippen LogP contribution < -0.4 is 4.74 Å². The van der Waals surface area contributed by atoms with Crippen LogP contribution in [-0.2, 0) is 22.3 Å². The lowest BCUT2D eigenvalue weighted by molar-refractivity contribution is -0.141. The van der Waals surface area contributed by atoms with E-state index in [2.05, 4.69) is 9.84 Å². The van der Waals surface area contributed by atoms with Crippen LogP contribution in [0.4, 0.5) is 13.2 Å². The molecule has 2 aromatic carbocycles. The Balaban J connectivity index is 1.96. The minimum atomic E-state index is -4.54. The Morgan fingerprint density at radius 1 is 1.12 bits per heavy atom. The van der Waals surface area contributed by atoms with Crippen molar-refractivity contribution in [2.75, 3.05) is 20.8 Å². The second kappa shape index (κ2) is 9.95. The van der Waals surface area contributed by atoms with Gasteiger partial charge in [0, 0.05) is 11.6 Å². The van der Waals surface area contributed by atoms with Gasteiger partial charge in [-0.25, -0.2) is 4.68 Å². The number of hydrogen-bond acceptors (Lipinski definition) is 5. The number of amides is 1. The summed E-state index contributed by atoms with van der Waals surface area (Å²) in [5.74, 6) is -1.30. The van der Waals surface area contributed by atoms with Crippen LogP contribution in [0.3, 0.4) is 0 Å². The lowest BCUT2D eigenvalue weighted by atomic mass is 10.2. The Labute approximate surface area is 192 Å². The normalized spacial score (nSPS) is 11.2. The highest BCUT2D eigenvalue weighted by Gasteiger charge is 2.31. The molecule has 174 valence electrons. The molecule has 0 radical (unpaired) electrons. The highest BCUT2D eigenvalue weighted by atomic mass is 35.5. The molecule has 0 saturated carbocycles. The molecule has 1 aromatic heterocycles. The van der Waals surface area contributed by atoms with Crippen molar-refractivity contribution in [1.82, 2.24) is 14.7 Å². The third-order valence-electron chi connectivity index (χ3n) is 4.66. The smallest absolute Gasteiger partial charge is 0.416 e. The van der Waals surface area contributed by atoms with Gasteiger partial charge in [0.1, 0.15) is 6.54 Å². The number of rotatable bonds is 7. The van der Waals surface area contributed by atoms with Gasteiger partial charge in [-0.2, -0.15) is 18.3 Å². The van der Waals surface area contributed by atoms with Gasteiger partial charge >= 0.3 is 12.1 Å². The van der Waals surface area contributed by atoms with E-state index in [1.807, 2.05) is 0 Å². The minimum absolute atomic E-state index is 0.0309. The molecule has 0 aliphatic rings. The number of ether oxygens (including phenoxy) is 2. The van der Waals surface area contributed by atoms with Crippen molar-refractivity contribution in [2.45, 2.75) is 12.7 Å². The monoisotopic (exact) mass is 481 g/mol. The number of methoxy groups -OCH3 is 2. The molecule has 3 rings (SSSR count). The van der Waals surface area contributed by atoms with E-state index < -0.39 is 23.6 Å². The Morgan fingerprint density at radius 2 is 1.82 bits per heavy atom. The SMILES string of the molecule is COC(=O)CN(Cc1ccc(Cl)cc1)C(=O)c1nn(-c2cccc(C(F)(F)F)c2)cc1OC. The summed E-state index contributed by atoms with van der Waals surface area (Å²) >= 11 is 5.90. The van der Waals surface area contributed by atoms with Crippen molar-refractivity contribution in [3.05, 3.63) is 76.6 Å². The van der Waals surface area contributed by atoms with Gasteiger partial charge in [-0.1, -0.05) is 29.8 Å². The predicted molar refractivity (Wildman–Crippen MR) is 113 cm³/mol. The number of carbonyl (C=O) groups excluding carboxylic acids is 2. The minimum Gasteiger partial charge on any atom is -0.493 e. The molecule has 1 heterocycles. The van der Waals surface area contributed by atoms with Crippen LogP contribution in [0.1, 0.15) is 21.6 Å². The molecule has 0 aliphatic carbocycles. The average Bonchev–Trinajstić information content (AvgIpc) is 3.23. The molecule has 11 heteroatoms. The predicted octanol–water partition coefficient (Wildman–Crippen LogP) is 4.37. The molecule has 0 N–H and O–H groups in total. The Bertz CT molecular complexity index is 1150. The van der Waals surface area contributed by atoms with Crippen molar-refractivity contribution in [2.24, 2.45) is 0 Å². The third-order valence-corrected chi connectivity index (χ3v) is 4.91. The standard InChI is InChI=1S/C22H19ClF3N3O4/c1-32-18-12-29(17-5-3-4-15(10-17)22(24,25)26)27-20(18)21(31)28(13-19(30)33-2)11-14-6-8-16(23)9-7-14/h3-10,12H,11,13H2,1-2H3. The fourth-order valence-electron chi connectivity index (χ4n) is 2.99. The van der Waals surface area contributed by atoms with E-state index in [0.29, 0.717) is 10.6 Å². The highest BCUT2D eigenvalue weighted by molar-refractivity contribution is 6.30. The van der Waals surface area contributed by atoms with Crippen LogP contribution in [0.2, 0.25) is 5.02 Å². The van der Waals surface area contributed by atoms with Crippen LogP contribution in [0.25, 0.3) is 5.69 Å². The fraction of sp³-hybridized carbons (Fsp3) is 0.227. The molecule has 0 saturated heterocycles. The first-order valence-corrected chi connectivity index (χ1v) is 9.92. The molecule has 0 spiro atoms. The first-order valence-electron chi connectivity index (χ1n) is 9.54. The maximum atomic E-state index is 13.3. The van der Waals surface area contributed by atoms with E-state index in [1.54, 1.807) is 24.3 Å². The van der Waals surface area contributed by atoms with E-state index in [-0.39, 0.29) is 30.2 Å². The molecule has 3 aromatic rings. The van der Waals surface area contributed by atoms with Gasteiger partial charge in [0.25, 0.3) is 5.91 Å². The van der Waals surface area contributed by atoms with E-state index >= 15 is 0 Å². The van der Waals surface area contributed by atoms with Crippen molar-refractivity contribution < 1.29 is 32.2 Å². The van der Waals surface area contributed by atoms with Gasteiger partial charge in [-0.15, -0.1) is 0 Å². The topological polar surface area (TPSA) is 73.7 Å². The van der Waals surface area contributed by atoms with Crippen LogP contribution in [-0.4, -0.2) is 47.3 Å². The van der Waals surface area contributed by atoms with Crippen LogP contribution in [0.15, 0.2) is 54.7 Å². The summed E-state index contributed by atoms with van der Waals surface area (Å²) in [6.45, 7) is -0.345. The number of aromatic nitrogens is 2.